The summed E-state index contributed by atoms with van der Waals surface area (Å²) in [5.41, 5.74) is 7.20. The molecule has 2 amide bonds. The van der Waals surface area contributed by atoms with Gasteiger partial charge in [0.2, 0.25) is 5.91 Å². The highest BCUT2D eigenvalue weighted by Gasteiger charge is 2.23. The Labute approximate surface area is 151 Å². The number of aromatic hydroxyl groups is 1. The zero-order valence-electron chi connectivity index (χ0n) is 14.4. The Morgan fingerprint density at radius 1 is 1.35 bits per heavy atom. The first-order valence-corrected chi connectivity index (χ1v) is 8.67. The minimum atomic E-state index is -0.252. The van der Waals surface area contributed by atoms with E-state index in [0.717, 1.165) is 24.9 Å². The van der Waals surface area contributed by atoms with Crippen molar-refractivity contribution in [3.63, 3.8) is 0 Å². The highest BCUT2D eigenvalue weighted by molar-refractivity contribution is 5.93. The minimum Gasteiger partial charge on any atom is -0.508 e. The number of hydrogen-bond donors (Lipinski definition) is 4. The number of rotatable bonds is 6. The molecular weight excluding hydrogens is 334 g/mol. The lowest BCUT2D eigenvalue weighted by atomic mass is 9.97. The molecule has 0 saturated carbocycles. The van der Waals surface area contributed by atoms with Gasteiger partial charge in [-0.15, -0.1) is 0 Å². The molecule has 2 aromatic rings. The van der Waals surface area contributed by atoms with E-state index in [2.05, 4.69) is 20.4 Å². The number of benzene rings is 1. The monoisotopic (exact) mass is 357 g/mol. The Hall–Kier alpha value is -2.87. The number of hydrogen-bond acceptors (Lipinski definition) is 5. The number of piperidine rings is 1. The zero-order valence-corrected chi connectivity index (χ0v) is 14.4. The number of carbonyl (C=O) groups is 2. The van der Waals surface area contributed by atoms with Gasteiger partial charge in [0, 0.05) is 25.2 Å². The second kappa shape index (κ2) is 8.01. The maximum absolute atomic E-state index is 12.2. The molecular formula is C18H23N5O3. The molecule has 1 unspecified atom stereocenters. The lowest BCUT2D eigenvalue weighted by molar-refractivity contribution is -0.123. The zero-order chi connectivity index (χ0) is 18.5. The van der Waals surface area contributed by atoms with Crippen molar-refractivity contribution in [3.05, 3.63) is 36.0 Å². The third kappa shape index (κ3) is 4.40. The summed E-state index contributed by atoms with van der Waals surface area (Å²) in [5, 5.41) is 19.0. The Kier molecular flexibility index (Phi) is 5.52. The van der Waals surface area contributed by atoms with Gasteiger partial charge in [0.25, 0.3) is 5.91 Å². The van der Waals surface area contributed by atoms with Crippen LogP contribution >= 0.6 is 0 Å². The standard InChI is InChI=1S/C18H23N5O3/c19-17(25)13-2-1-8-23(11-13)9-7-20-18(26)16-10-15(21-22-16)12-3-5-14(24)6-4-12/h3-6,10,13,24H,1-2,7-9,11H2,(H2,19,25)(H,20,26)(H,21,22). The van der Waals surface area contributed by atoms with Crippen molar-refractivity contribution in [1.82, 2.24) is 20.4 Å². The van der Waals surface area contributed by atoms with Gasteiger partial charge >= 0.3 is 0 Å². The average Bonchev–Trinajstić information content (AvgIpc) is 3.13. The molecule has 138 valence electrons. The van der Waals surface area contributed by atoms with E-state index >= 15 is 0 Å². The molecule has 8 heteroatoms. The Morgan fingerprint density at radius 3 is 2.85 bits per heavy atom. The predicted octanol–water partition coefficient (Wildman–Crippen LogP) is 0.709. The molecule has 1 aromatic heterocycles. The van der Waals surface area contributed by atoms with Gasteiger partial charge in [0.05, 0.1) is 11.6 Å². The maximum Gasteiger partial charge on any atom is 0.269 e. The highest BCUT2D eigenvalue weighted by atomic mass is 16.3. The lowest BCUT2D eigenvalue weighted by Gasteiger charge is -2.30. The number of amides is 2. The van der Waals surface area contributed by atoms with E-state index in [-0.39, 0.29) is 23.5 Å². The van der Waals surface area contributed by atoms with Crippen LogP contribution in [-0.4, -0.2) is 58.2 Å². The molecule has 0 aliphatic carbocycles. The summed E-state index contributed by atoms with van der Waals surface area (Å²) in [4.78, 5) is 25.7. The van der Waals surface area contributed by atoms with Gasteiger partial charge in [-0.25, -0.2) is 0 Å². The normalized spacial score (nSPS) is 17.8. The van der Waals surface area contributed by atoms with Gasteiger partial charge in [0.1, 0.15) is 11.4 Å². The molecule has 3 rings (SSSR count). The quantitative estimate of drug-likeness (QED) is 0.606. The minimum absolute atomic E-state index is 0.0973. The predicted molar refractivity (Wildman–Crippen MR) is 96.4 cm³/mol. The molecule has 1 saturated heterocycles. The summed E-state index contributed by atoms with van der Waals surface area (Å²) in [6, 6.07) is 8.28. The summed E-state index contributed by atoms with van der Waals surface area (Å²) in [5.74, 6) is -0.401. The fourth-order valence-corrected chi connectivity index (χ4v) is 3.13. The van der Waals surface area contributed by atoms with Gasteiger partial charge in [-0.2, -0.15) is 5.10 Å². The number of aromatic nitrogens is 2. The summed E-state index contributed by atoms with van der Waals surface area (Å²) in [6.07, 6.45) is 1.78. The molecule has 8 nitrogen and oxygen atoms in total. The van der Waals surface area contributed by atoms with Crippen molar-refractivity contribution in [2.45, 2.75) is 12.8 Å². The van der Waals surface area contributed by atoms with E-state index in [1.807, 2.05) is 0 Å². The van der Waals surface area contributed by atoms with Crippen LogP contribution in [0.2, 0.25) is 0 Å². The highest BCUT2D eigenvalue weighted by Crippen LogP contribution is 2.20. The number of carbonyl (C=O) groups excluding carboxylic acids is 2. The Balaban J connectivity index is 1.49. The number of nitrogens with two attached hydrogens (primary N) is 1. The first-order valence-electron chi connectivity index (χ1n) is 8.67. The number of phenolic OH excluding ortho intramolecular Hbond substituents is 1. The summed E-state index contributed by atoms with van der Waals surface area (Å²) in [6.45, 7) is 2.72. The number of phenols is 1. The van der Waals surface area contributed by atoms with E-state index in [1.165, 1.54) is 0 Å². The first-order chi connectivity index (χ1) is 12.5. The topological polar surface area (TPSA) is 124 Å². The molecule has 0 spiro atoms. The fraction of sp³-hybridized carbons (Fsp3) is 0.389. The summed E-state index contributed by atoms with van der Waals surface area (Å²) < 4.78 is 0. The van der Waals surface area contributed by atoms with Gasteiger partial charge in [-0.05, 0) is 49.7 Å². The van der Waals surface area contributed by atoms with Gasteiger partial charge in [-0.3, -0.25) is 14.7 Å². The SMILES string of the molecule is NC(=O)C1CCCN(CCNC(=O)c2cc(-c3ccc(O)cc3)n[nH]2)C1. The summed E-state index contributed by atoms with van der Waals surface area (Å²) >= 11 is 0. The van der Waals surface area contributed by atoms with Crippen LogP contribution in [0.5, 0.6) is 5.75 Å². The largest absolute Gasteiger partial charge is 0.508 e. The van der Waals surface area contributed by atoms with Crippen molar-refractivity contribution in [2.24, 2.45) is 11.7 Å². The molecule has 1 aromatic carbocycles. The van der Waals surface area contributed by atoms with Crippen LogP contribution in [0.4, 0.5) is 0 Å². The molecule has 0 bridgehead atoms. The number of nitrogens with zero attached hydrogens (tertiary/aromatic N) is 2. The third-order valence-electron chi connectivity index (χ3n) is 4.61. The molecule has 1 atom stereocenters. The number of primary amides is 1. The van der Waals surface area contributed by atoms with Gasteiger partial charge in [-0.1, -0.05) is 0 Å². The van der Waals surface area contributed by atoms with E-state index in [0.29, 0.717) is 31.0 Å². The molecule has 26 heavy (non-hydrogen) atoms. The van der Waals surface area contributed by atoms with Gasteiger partial charge < -0.3 is 21.1 Å². The fourth-order valence-electron chi connectivity index (χ4n) is 3.13. The van der Waals surface area contributed by atoms with Crippen molar-refractivity contribution < 1.29 is 14.7 Å². The van der Waals surface area contributed by atoms with Crippen LogP contribution in [0.3, 0.4) is 0 Å². The van der Waals surface area contributed by atoms with E-state index in [9.17, 15) is 14.7 Å². The van der Waals surface area contributed by atoms with Crippen molar-refractivity contribution in [1.29, 1.82) is 0 Å². The Bertz CT molecular complexity index is 771. The number of aromatic amines is 1. The molecule has 5 N–H and O–H groups in total. The third-order valence-corrected chi connectivity index (χ3v) is 4.61. The molecule has 1 aliphatic heterocycles. The van der Waals surface area contributed by atoms with Crippen molar-refractivity contribution >= 4 is 11.8 Å². The van der Waals surface area contributed by atoms with E-state index in [4.69, 9.17) is 5.73 Å². The van der Waals surface area contributed by atoms with Crippen molar-refractivity contribution in [3.8, 4) is 17.0 Å². The lowest BCUT2D eigenvalue weighted by Crippen LogP contribution is -2.44. The van der Waals surface area contributed by atoms with Crippen LogP contribution < -0.4 is 11.1 Å². The molecule has 1 fully saturated rings. The molecule has 0 radical (unpaired) electrons. The number of likely N-dealkylation sites (tertiary alicyclic amines) is 1. The van der Waals surface area contributed by atoms with E-state index < -0.39 is 0 Å². The van der Waals surface area contributed by atoms with Crippen LogP contribution in [0.15, 0.2) is 30.3 Å². The summed E-state index contributed by atoms with van der Waals surface area (Å²) in [7, 11) is 0. The second-order valence-electron chi connectivity index (χ2n) is 6.51. The average molecular weight is 357 g/mol. The first kappa shape index (κ1) is 17.9. The van der Waals surface area contributed by atoms with Crippen molar-refractivity contribution in [2.75, 3.05) is 26.2 Å². The molecule has 2 heterocycles. The van der Waals surface area contributed by atoms with Crippen LogP contribution in [0.25, 0.3) is 11.3 Å². The van der Waals surface area contributed by atoms with Crippen LogP contribution in [0, 0.1) is 5.92 Å². The Morgan fingerprint density at radius 2 is 2.12 bits per heavy atom. The molecule has 1 aliphatic rings. The van der Waals surface area contributed by atoms with Crippen LogP contribution in [0.1, 0.15) is 23.3 Å². The smallest absolute Gasteiger partial charge is 0.269 e. The van der Waals surface area contributed by atoms with E-state index in [1.54, 1.807) is 30.3 Å². The second-order valence-corrected chi connectivity index (χ2v) is 6.51. The van der Waals surface area contributed by atoms with Crippen LogP contribution in [-0.2, 0) is 4.79 Å². The number of H-pyrrole nitrogens is 1. The van der Waals surface area contributed by atoms with Gasteiger partial charge in [0.15, 0.2) is 0 Å². The number of nitrogens with one attached hydrogen (secondary N) is 2. The maximum atomic E-state index is 12.2.